The molecule has 0 heterocycles. The Morgan fingerprint density at radius 3 is 2.75 bits per heavy atom. The summed E-state index contributed by atoms with van der Waals surface area (Å²) in [5, 5.41) is 21.1. The number of benzene rings is 1. The second kappa shape index (κ2) is 8.85. The average molecular weight is 279 g/mol. The minimum absolute atomic E-state index is 0.217. The second-order valence-corrected chi connectivity index (χ2v) is 4.42. The van der Waals surface area contributed by atoms with Gasteiger partial charge in [-0.2, -0.15) is 0 Å². The van der Waals surface area contributed by atoms with Crippen LogP contribution in [0.25, 0.3) is 0 Å². The third-order valence-corrected chi connectivity index (χ3v) is 2.70. The zero-order valence-corrected chi connectivity index (χ0v) is 11.6. The molecule has 3 N–H and O–H groups in total. The molecule has 20 heavy (non-hydrogen) atoms. The first-order valence-electron chi connectivity index (χ1n) is 6.76. The van der Waals surface area contributed by atoms with E-state index in [1.807, 2.05) is 0 Å². The van der Waals surface area contributed by atoms with Gasteiger partial charge >= 0.3 is 0 Å². The van der Waals surface area contributed by atoms with Crippen LogP contribution in [-0.4, -0.2) is 22.7 Å². The lowest BCUT2D eigenvalue weighted by atomic mass is 10.2. The highest BCUT2D eigenvalue weighted by atomic mass is 16.5. The monoisotopic (exact) mass is 279 g/mol. The highest BCUT2D eigenvalue weighted by Crippen LogP contribution is 2.28. The zero-order valence-electron chi connectivity index (χ0n) is 11.6. The molecule has 0 aromatic heterocycles. The number of carbonyl (C=O) groups excluding carboxylic acids is 1. The summed E-state index contributed by atoms with van der Waals surface area (Å²) >= 11 is 0. The van der Waals surface area contributed by atoms with E-state index < -0.39 is 0 Å². The normalized spacial score (nSPS) is 10.7. The summed E-state index contributed by atoms with van der Waals surface area (Å²) in [5.41, 5.74) is 0. The van der Waals surface area contributed by atoms with E-state index >= 15 is 0 Å². The lowest BCUT2D eigenvalue weighted by Gasteiger charge is -2.03. The summed E-state index contributed by atoms with van der Waals surface area (Å²) < 4.78 is 5.14. The number of unbranched alkanes of at least 4 members (excludes halogenated alkanes) is 3. The number of nitrogens with one attached hydrogen (secondary N) is 1. The molecule has 0 atom stereocenters. The molecule has 5 nitrogen and oxygen atoms in total. The van der Waals surface area contributed by atoms with E-state index in [-0.39, 0.29) is 17.4 Å². The molecule has 1 aromatic carbocycles. The number of amides is 1. The van der Waals surface area contributed by atoms with Crippen molar-refractivity contribution in [3.05, 3.63) is 30.5 Å². The molecule has 1 amide bonds. The molecule has 1 rings (SSSR count). The van der Waals surface area contributed by atoms with Crippen molar-refractivity contribution in [3.63, 3.8) is 0 Å². The Morgan fingerprint density at radius 1 is 1.25 bits per heavy atom. The van der Waals surface area contributed by atoms with Crippen LogP contribution in [0.4, 0.5) is 0 Å². The van der Waals surface area contributed by atoms with Gasteiger partial charge in [-0.15, -0.1) is 0 Å². The van der Waals surface area contributed by atoms with Gasteiger partial charge in [-0.05, 0) is 18.6 Å². The topological polar surface area (TPSA) is 78.8 Å². The van der Waals surface area contributed by atoms with Gasteiger partial charge in [0.1, 0.15) is 5.75 Å². The Balaban J connectivity index is 2.26. The number of carbonyl (C=O) groups is 1. The maximum atomic E-state index is 11.4. The van der Waals surface area contributed by atoms with Gasteiger partial charge < -0.3 is 20.3 Å². The van der Waals surface area contributed by atoms with Crippen molar-refractivity contribution in [2.45, 2.75) is 32.6 Å². The molecule has 0 bridgehead atoms. The van der Waals surface area contributed by atoms with Crippen LogP contribution in [0.3, 0.4) is 0 Å². The molecule has 110 valence electrons. The van der Waals surface area contributed by atoms with Crippen molar-refractivity contribution in [1.82, 2.24) is 5.32 Å². The smallest absolute Gasteiger partial charge is 0.247 e. The van der Waals surface area contributed by atoms with E-state index in [1.165, 1.54) is 43.4 Å². The highest BCUT2D eigenvalue weighted by molar-refractivity contribution is 5.87. The maximum absolute atomic E-state index is 11.4. The minimum Gasteiger partial charge on any atom is -0.504 e. The summed E-state index contributed by atoms with van der Waals surface area (Å²) in [7, 11) is 0. The van der Waals surface area contributed by atoms with E-state index in [1.54, 1.807) is 0 Å². The number of rotatable bonds is 8. The Bertz CT molecular complexity index is 457. The maximum Gasteiger partial charge on any atom is 0.247 e. The molecule has 0 aliphatic heterocycles. The number of phenolic OH excluding ortho intramolecular Hbond substituents is 2. The van der Waals surface area contributed by atoms with E-state index in [0.717, 1.165) is 12.8 Å². The molecule has 5 heteroatoms. The lowest BCUT2D eigenvalue weighted by molar-refractivity contribution is -0.116. The first-order valence-corrected chi connectivity index (χ1v) is 6.76. The predicted molar refractivity (Wildman–Crippen MR) is 76.7 cm³/mol. The minimum atomic E-state index is -0.267. The first kappa shape index (κ1) is 15.9. The fraction of sp³-hybridized carbons (Fsp3) is 0.400. The zero-order chi connectivity index (χ0) is 14.8. The standard InChI is InChI=1S/C15H21NO4/c1-2-3-4-5-9-16-15(19)8-10-20-12-6-7-13(17)14(18)11-12/h6-8,10-11,17-18H,2-5,9H2,1H3,(H,16,19). The molecule has 0 saturated carbocycles. The molecule has 0 spiro atoms. The molecule has 0 aliphatic rings. The molecule has 0 unspecified atom stereocenters. The van der Waals surface area contributed by atoms with Gasteiger partial charge in [0.05, 0.1) is 6.26 Å². The fourth-order valence-electron chi connectivity index (χ4n) is 1.57. The van der Waals surface area contributed by atoms with E-state index in [4.69, 9.17) is 9.84 Å². The second-order valence-electron chi connectivity index (χ2n) is 4.42. The van der Waals surface area contributed by atoms with Crippen molar-refractivity contribution < 1.29 is 19.7 Å². The summed E-state index contributed by atoms with van der Waals surface area (Å²) in [6.45, 7) is 2.79. The van der Waals surface area contributed by atoms with Gasteiger partial charge in [0.2, 0.25) is 5.91 Å². The third-order valence-electron chi connectivity index (χ3n) is 2.70. The SMILES string of the molecule is CCCCCCNC(=O)C=COc1ccc(O)c(O)c1. The van der Waals surface area contributed by atoms with Crippen LogP contribution >= 0.6 is 0 Å². The predicted octanol–water partition coefficient (Wildman–Crippen LogP) is 2.69. The summed E-state index contributed by atoms with van der Waals surface area (Å²) in [6, 6.07) is 4.07. The summed E-state index contributed by atoms with van der Waals surface area (Å²) in [5.74, 6) is -0.362. The van der Waals surface area contributed by atoms with Crippen molar-refractivity contribution in [2.24, 2.45) is 0 Å². The quantitative estimate of drug-likeness (QED) is 0.296. The number of aromatic hydroxyl groups is 2. The largest absolute Gasteiger partial charge is 0.504 e. The molecule has 0 aliphatic carbocycles. The van der Waals surface area contributed by atoms with E-state index in [2.05, 4.69) is 12.2 Å². The van der Waals surface area contributed by atoms with Gasteiger partial charge in [0, 0.05) is 18.7 Å². The first-order chi connectivity index (χ1) is 9.63. The summed E-state index contributed by atoms with van der Waals surface area (Å²) in [4.78, 5) is 11.4. The third kappa shape index (κ3) is 6.13. The Morgan fingerprint density at radius 2 is 2.05 bits per heavy atom. The number of hydrogen-bond acceptors (Lipinski definition) is 4. The van der Waals surface area contributed by atoms with Crippen molar-refractivity contribution in [3.8, 4) is 17.2 Å². The Labute approximate surface area is 118 Å². The molecular weight excluding hydrogens is 258 g/mol. The van der Waals surface area contributed by atoms with Crippen LogP contribution in [0.5, 0.6) is 17.2 Å². The van der Waals surface area contributed by atoms with Crippen LogP contribution in [0.2, 0.25) is 0 Å². The van der Waals surface area contributed by atoms with Crippen molar-refractivity contribution >= 4 is 5.91 Å². The molecule has 1 aromatic rings. The molecule has 0 radical (unpaired) electrons. The van der Waals surface area contributed by atoms with Gasteiger partial charge in [-0.25, -0.2) is 0 Å². The average Bonchev–Trinajstić information content (AvgIpc) is 2.42. The Kier molecular flexibility index (Phi) is 7.03. The summed E-state index contributed by atoms with van der Waals surface area (Å²) in [6.07, 6.45) is 6.96. The molecule has 0 saturated heterocycles. The molecular formula is C15H21NO4. The van der Waals surface area contributed by atoms with Gasteiger partial charge in [0.25, 0.3) is 0 Å². The lowest BCUT2D eigenvalue weighted by Crippen LogP contribution is -2.22. The highest BCUT2D eigenvalue weighted by Gasteiger charge is 2.00. The van der Waals surface area contributed by atoms with Gasteiger partial charge in [-0.3, -0.25) is 4.79 Å². The number of phenols is 2. The Hall–Kier alpha value is -2.17. The number of hydrogen-bond donors (Lipinski definition) is 3. The van der Waals surface area contributed by atoms with E-state index in [9.17, 15) is 9.90 Å². The van der Waals surface area contributed by atoms with Crippen LogP contribution in [0.15, 0.2) is 30.5 Å². The number of ether oxygens (including phenoxy) is 1. The van der Waals surface area contributed by atoms with Gasteiger partial charge in [-0.1, -0.05) is 26.2 Å². The van der Waals surface area contributed by atoms with Crippen LogP contribution < -0.4 is 10.1 Å². The van der Waals surface area contributed by atoms with E-state index in [0.29, 0.717) is 12.3 Å². The van der Waals surface area contributed by atoms with Crippen LogP contribution in [-0.2, 0) is 4.79 Å². The van der Waals surface area contributed by atoms with Crippen LogP contribution in [0.1, 0.15) is 32.6 Å². The van der Waals surface area contributed by atoms with Crippen molar-refractivity contribution in [1.29, 1.82) is 0 Å². The van der Waals surface area contributed by atoms with Crippen LogP contribution in [0, 0.1) is 0 Å². The fourth-order valence-corrected chi connectivity index (χ4v) is 1.57. The van der Waals surface area contributed by atoms with Gasteiger partial charge in [0.15, 0.2) is 11.5 Å². The molecule has 0 fully saturated rings. The van der Waals surface area contributed by atoms with Crippen molar-refractivity contribution in [2.75, 3.05) is 6.54 Å².